The van der Waals surface area contributed by atoms with E-state index in [1.165, 1.54) is 0 Å². The van der Waals surface area contributed by atoms with E-state index in [0.29, 0.717) is 30.9 Å². The Kier molecular flexibility index (Phi) is 5.27. The number of dihydropyridines is 1. The normalized spacial score (nSPS) is 22.6. The molecule has 0 fully saturated rings. The SMILES string of the molecule is CCOc1cc(OC)ccc1C1C2=C(CC(C)(C)CC2=O)NC2=C1C(=O)CC(C)(C)C2. The molecule has 31 heavy (non-hydrogen) atoms. The Balaban J connectivity index is 1.94. The molecule has 0 saturated carbocycles. The minimum absolute atomic E-state index is 0.109. The number of hydrogen-bond donors (Lipinski definition) is 1. The molecular weight excluding hydrogens is 390 g/mol. The summed E-state index contributed by atoms with van der Waals surface area (Å²) in [4.78, 5) is 26.9. The van der Waals surface area contributed by atoms with Gasteiger partial charge in [-0.1, -0.05) is 33.8 Å². The van der Waals surface area contributed by atoms with Crippen LogP contribution in [0.15, 0.2) is 40.7 Å². The van der Waals surface area contributed by atoms with Gasteiger partial charge < -0.3 is 14.8 Å². The van der Waals surface area contributed by atoms with E-state index in [9.17, 15) is 9.59 Å². The molecule has 1 N–H and O–H groups in total. The lowest BCUT2D eigenvalue weighted by atomic mass is 9.64. The summed E-state index contributed by atoms with van der Waals surface area (Å²) in [6.07, 6.45) is 2.53. The Hall–Kier alpha value is -2.56. The van der Waals surface area contributed by atoms with E-state index in [-0.39, 0.29) is 22.4 Å². The van der Waals surface area contributed by atoms with E-state index in [2.05, 4.69) is 33.0 Å². The molecule has 1 aliphatic heterocycles. The number of methoxy groups -OCH3 is 1. The van der Waals surface area contributed by atoms with Crippen molar-refractivity contribution in [3.05, 3.63) is 46.3 Å². The average Bonchev–Trinajstić information content (AvgIpc) is 2.64. The van der Waals surface area contributed by atoms with Crippen LogP contribution < -0.4 is 14.8 Å². The molecule has 1 heterocycles. The van der Waals surface area contributed by atoms with Crippen LogP contribution in [-0.2, 0) is 9.59 Å². The maximum absolute atomic E-state index is 13.4. The van der Waals surface area contributed by atoms with Gasteiger partial charge in [-0.25, -0.2) is 0 Å². The van der Waals surface area contributed by atoms with E-state index in [1.54, 1.807) is 7.11 Å². The number of allylic oxidation sites excluding steroid dienone is 4. The number of carbonyl (C=O) groups excluding carboxylic acids is 2. The zero-order valence-corrected chi connectivity index (χ0v) is 19.5. The monoisotopic (exact) mass is 423 g/mol. The van der Waals surface area contributed by atoms with E-state index in [1.807, 2.05) is 25.1 Å². The van der Waals surface area contributed by atoms with Crippen LogP contribution >= 0.6 is 0 Å². The second-order valence-electron chi connectivity index (χ2n) is 10.6. The van der Waals surface area contributed by atoms with Gasteiger partial charge in [-0.2, -0.15) is 0 Å². The molecule has 5 nitrogen and oxygen atoms in total. The zero-order valence-electron chi connectivity index (χ0n) is 19.5. The minimum atomic E-state index is -0.397. The number of hydrogen-bond acceptors (Lipinski definition) is 5. The smallest absolute Gasteiger partial charge is 0.162 e. The van der Waals surface area contributed by atoms with Crippen molar-refractivity contribution in [1.82, 2.24) is 5.32 Å². The van der Waals surface area contributed by atoms with Gasteiger partial charge in [-0.05, 0) is 36.7 Å². The topological polar surface area (TPSA) is 64.6 Å². The number of ether oxygens (including phenoxy) is 2. The first-order valence-corrected chi connectivity index (χ1v) is 11.2. The van der Waals surface area contributed by atoms with Crippen LogP contribution in [0.1, 0.15) is 71.8 Å². The number of nitrogens with one attached hydrogen (secondary N) is 1. The number of rotatable bonds is 4. The van der Waals surface area contributed by atoms with E-state index >= 15 is 0 Å². The van der Waals surface area contributed by atoms with Crippen LogP contribution in [-0.4, -0.2) is 25.3 Å². The Bertz CT molecular complexity index is 960. The lowest BCUT2D eigenvalue weighted by Gasteiger charge is -2.44. The highest BCUT2D eigenvalue weighted by molar-refractivity contribution is 6.07. The first-order valence-electron chi connectivity index (χ1n) is 11.2. The van der Waals surface area contributed by atoms with Gasteiger partial charge in [-0.3, -0.25) is 9.59 Å². The van der Waals surface area contributed by atoms with Gasteiger partial charge in [-0.15, -0.1) is 0 Å². The van der Waals surface area contributed by atoms with Gasteiger partial charge in [0.2, 0.25) is 0 Å². The standard InChI is InChI=1S/C26H33NO4/c1-7-31-21-10-15(30-6)8-9-16(21)22-23-17(11-25(2,3)13-19(23)28)27-18-12-26(4,5)14-20(29)24(18)22/h8-10,22,27H,7,11-14H2,1-6H3. The predicted octanol–water partition coefficient (Wildman–Crippen LogP) is 5.07. The summed E-state index contributed by atoms with van der Waals surface area (Å²) in [5, 5.41) is 3.56. The summed E-state index contributed by atoms with van der Waals surface area (Å²) in [5.74, 6) is 1.20. The number of Topliss-reactive ketones (excluding diaryl/α,β-unsaturated/α-hetero) is 2. The molecule has 0 atom stereocenters. The number of benzene rings is 1. The molecule has 0 aromatic heterocycles. The van der Waals surface area contributed by atoms with Crippen molar-refractivity contribution in [2.24, 2.45) is 10.8 Å². The summed E-state index contributed by atoms with van der Waals surface area (Å²) < 4.78 is 11.4. The van der Waals surface area contributed by atoms with Crippen LogP contribution in [0, 0.1) is 10.8 Å². The average molecular weight is 424 g/mol. The number of carbonyl (C=O) groups is 2. The van der Waals surface area contributed by atoms with Crippen molar-refractivity contribution in [2.75, 3.05) is 13.7 Å². The summed E-state index contributed by atoms with van der Waals surface area (Å²) in [6, 6.07) is 5.69. The third kappa shape index (κ3) is 3.90. The van der Waals surface area contributed by atoms with Crippen LogP contribution in [0.2, 0.25) is 0 Å². The van der Waals surface area contributed by atoms with Crippen molar-refractivity contribution in [1.29, 1.82) is 0 Å². The second kappa shape index (κ2) is 7.54. The van der Waals surface area contributed by atoms with Gasteiger partial charge in [0.05, 0.1) is 13.7 Å². The van der Waals surface area contributed by atoms with Gasteiger partial charge in [0.1, 0.15) is 11.5 Å². The molecule has 3 aliphatic rings. The first kappa shape index (κ1) is 21.7. The van der Waals surface area contributed by atoms with Crippen LogP contribution in [0.25, 0.3) is 0 Å². The van der Waals surface area contributed by atoms with Crippen molar-refractivity contribution in [3.63, 3.8) is 0 Å². The molecule has 166 valence electrons. The Morgan fingerprint density at radius 3 is 1.97 bits per heavy atom. The molecule has 1 aromatic rings. The van der Waals surface area contributed by atoms with E-state index in [0.717, 1.165) is 40.9 Å². The Morgan fingerprint density at radius 2 is 1.48 bits per heavy atom. The highest BCUT2D eigenvalue weighted by Crippen LogP contribution is 2.52. The molecular formula is C26H33NO4. The summed E-state index contributed by atoms with van der Waals surface area (Å²) >= 11 is 0. The molecule has 0 radical (unpaired) electrons. The summed E-state index contributed by atoms with van der Waals surface area (Å²) in [7, 11) is 1.62. The van der Waals surface area contributed by atoms with Crippen molar-refractivity contribution in [2.45, 2.75) is 66.2 Å². The molecule has 4 rings (SSSR count). The van der Waals surface area contributed by atoms with Gasteiger partial charge >= 0.3 is 0 Å². The molecule has 5 heteroatoms. The molecule has 2 aliphatic carbocycles. The zero-order chi connectivity index (χ0) is 22.6. The molecule has 1 aromatic carbocycles. The quantitative estimate of drug-likeness (QED) is 0.733. The second-order valence-corrected chi connectivity index (χ2v) is 10.6. The highest BCUT2D eigenvalue weighted by Gasteiger charge is 2.47. The largest absolute Gasteiger partial charge is 0.497 e. The van der Waals surface area contributed by atoms with Crippen LogP contribution in [0.3, 0.4) is 0 Å². The fourth-order valence-electron chi connectivity index (χ4n) is 5.36. The van der Waals surface area contributed by atoms with Crippen molar-refractivity contribution >= 4 is 11.6 Å². The molecule has 0 amide bonds. The van der Waals surface area contributed by atoms with Gasteiger partial charge in [0, 0.05) is 52.9 Å². The number of ketones is 2. The summed E-state index contributed by atoms with van der Waals surface area (Å²) in [5.41, 5.74) is 4.05. The van der Waals surface area contributed by atoms with E-state index in [4.69, 9.17) is 9.47 Å². The lowest BCUT2D eigenvalue weighted by Crippen LogP contribution is -2.42. The molecule has 0 spiro atoms. The van der Waals surface area contributed by atoms with Crippen LogP contribution in [0.5, 0.6) is 11.5 Å². The third-order valence-electron chi connectivity index (χ3n) is 6.55. The van der Waals surface area contributed by atoms with Crippen molar-refractivity contribution < 1.29 is 19.1 Å². The minimum Gasteiger partial charge on any atom is -0.497 e. The first-order chi connectivity index (χ1) is 14.5. The molecule has 0 unspecified atom stereocenters. The molecule has 0 bridgehead atoms. The van der Waals surface area contributed by atoms with E-state index < -0.39 is 5.92 Å². The predicted molar refractivity (Wildman–Crippen MR) is 120 cm³/mol. The fraction of sp³-hybridized carbons (Fsp3) is 0.538. The van der Waals surface area contributed by atoms with Gasteiger partial charge in [0.15, 0.2) is 11.6 Å². The Morgan fingerprint density at radius 1 is 0.935 bits per heavy atom. The Labute approximate surface area is 184 Å². The summed E-state index contributed by atoms with van der Waals surface area (Å²) in [6.45, 7) is 10.9. The third-order valence-corrected chi connectivity index (χ3v) is 6.55. The van der Waals surface area contributed by atoms with Gasteiger partial charge in [0.25, 0.3) is 0 Å². The fourth-order valence-corrected chi connectivity index (χ4v) is 5.36. The molecule has 0 saturated heterocycles. The lowest BCUT2D eigenvalue weighted by molar-refractivity contribution is -0.119. The maximum atomic E-state index is 13.4. The maximum Gasteiger partial charge on any atom is 0.162 e. The highest BCUT2D eigenvalue weighted by atomic mass is 16.5. The van der Waals surface area contributed by atoms with Crippen LogP contribution in [0.4, 0.5) is 0 Å². The van der Waals surface area contributed by atoms with Crippen molar-refractivity contribution in [3.8, 4) is 11.5 Å².